The third kappa shape index (κ3) is 2.77. The Bertz CT molecular complexity index is 939. The van der Waals surface area contributed by atoms with Gasteiger partial charge in [0.05, 0.1) is 13.7 Å². The largest absolute Gasteiger partial charge is 0.497 e. The standard InChI is InChI=1S/C21H20N2O4/c1-27-16-9-4-7-15(12-16)18(24)13-23-19(25)21(22-20(23)26)11-5-8-14-6-2-3-10-17(14)21/h2-4,6-7,9-10,12H,5,8,11,13H2,1H3,(H,22,26). The summed E-state index contributed by atoms with van der Waals surface area (Å²) in [4.78, 5) is 39.5. The van der Waals surface area contributed by atoms with Crippen LogP contribution in [0.2, 0.25) is 0 Å². The number of carbonyl (C=O) groups excluding carboxylic acids is 3. The molecule has 3 amide bonds. The monoisotopic (exact) mass is 364 g/mol. The van der Waals surface area contributed by atoms with Gasteiger partial charge in [0.2, 0.25) is 0 Å². The van der Waals surface area contributed by atoms with E-state index in [2.05, 4.69) is 5.32 Å². The van der Waals surface area contributed by atoms with Gasteiger partial charge >= 0.3 is 6.03 Å². The second-order valence-electron chi connectivity index (χ2n) is 6.89. The predicted molar refractivity (Wildman–Crippen MR) is 98.6 cm³/mol. The number of ketones is 1. The number of hydrogen-bond donors (Lipinski definition) is 1. The Morgan fingerprint density at radius 2 is 2.00 bits per heavy atom. The third-order valence-corrected chi connectivity index (χ3v) is 5.34. The maximum Gasteiger partial charge on any atom is 0.325 e. The molecule has 1 aliphatic heterocycles. The Kier molecular flexibility index (Phi) is 4.18. The molecule has 1 saturated heterocycles. The number of aryl methyl sites for hydroxylation is 1. The van der Waals surface area contributed by atoms with Gasteiger partial charge in [0.1, 0.15) is 11.3 Å². The number of ether oxygens (including phenoxy) is 1. The fourth-order valence-electron chi connectivity index (χ4n) is 3.99. The molecule has 1 spiro atoms. The molecule has 1 aliphatic carbocycles. The first-order valence-corrected chi connectivity index (χ1v) is 8.95. The van der Waals surface area contributed by atoms with Crippen LogP contribution in [0.3, 0.4) is 0 Å². The lowest BCUT2D eigenvalue weighted by Crippen LogP contribution is -2.46. The molecule has 1 heterocycles. The number of nitrogens with zero attached hydrogens (tertiary/aromatic N) is 1. The van der Waals surface area contributed by atoms with Crippen LogP contribution in [0.1, 0.15) is 34.3 Å². The first-order valence-electron chi connectivity index (χ1n) is 8.95. The van der Waals surface area contributed by atoms with Crippen LogP contribution in [0.4, 0.5) is 4.79 Å². The molecule has 0 radical (unpaired) electrons. The number of carbonyl (C=O) groups is 3. The highest BCUT2D eigenvalue weighted by Gasteiger charge is 2.54. The Labute approximate surface area is 157 Å². The van der Waals surface area contributed by atoms with E-state index in [1.807, 2.05) is 24.3 Å². The van der Waals surface area contributed by atoms with Gasteiger partial charge in [0.25, 0.3) is 5.91 Å². The number of benzene rings is 2. The zero-order valence-corrected chi connectivity index (χ0v) is 15.0. The Balaban J connectivity index is 1.62. The summed E-state index contributed by atoms with van der Waals surface area (Å²) in [7, 11) is 1.52. The summed E-state index contributed by atoms with van der Waals surface area (Å²) in [5, 5.41) is 2.87. The van der Waals surface area contributed by atoms with E-state index in [1.165, 1.54) is 7.11 Å². The van der Waals surface area contributed by atoms with E-state index in [9.17, 15) is 14.4 Å². The van der Waals surface area contributed by atoms with Crippen molar-refractivity contribution in [3.63, 3.8) is 0 Å². The molecule has 138 valence electrons. The molecule has 1 atom stereocenters. The number of urea groups is 1. The molecule has 0 aromatic heterocycles. The number of amides is 3. The van der Waals surface area contributed by atoms with Gasteiger partial charge < -0.3 is 10.1 Å². The van der Waals surface area contributed by atoms with Crippen LogP contribution in [0, 0.1) is 0 Å². The minimum Gasteiger partial charge on any atom is -0.497 e. The number of hydrogen-bond acceptors (Lipinski definition) is 4. The van der Waals surface area contributed by atoms with Gasteiger partial charge in [0, 0.05) is 5.56 Å². The molecule has 1 unspecified atom stereocenters. The quantitative estimate of drug-likeness (QED) is 0.668. The number of rotatable bonds is 4. The second kappa shape index (κ2) is 6.54. The zero-order valence-electron chi connectivity index (χ0n) is 15.0. The Morgan fingerprint density at radius 1 is 1.19 bits per heavy atom. The molecule has 2 aromatic carbocycles. The molecule has 0 saturated carbocycles. The predicted octanol–water partition coefficient (Wildman–Crippen LogP) is 2.66. The first kappa shape index (κ1) is 17.3. The third-order valence-electron chi connectivity index (χ3n) is 5.34. The number of imide groups is 1. The lowest BCUT2D eigenvalue weighted by Gasteiger charge is -2.33. The van der Waals surface area contributed by atoms with Crippen LogP contribution >= 0.6 is 0 Å². The molecular formula is C21H20N2O4. The second-order valence-corrected chi connectivity index (χ2v) is 6.89. The van der Waals surface area contributed by atoms with Crippen molar-refractivity contribution in [3.8, 4) is 5.75 Å². The van der Waals surface area contributed by atoms with Gasteiger partial charge in [-0.25, -0.2) is 4.79 Å². The molecule has 2 aliphatic rings. The van der Waals surface area contributed by atoms with Crippen molar-refractivity contribution < 1.29 is 19.1 Å². The highest BCUT2D eigenvalue weighted by molar-refractivity contribution is 6.11. The number of methoxy groups -OCH3 is 1. The van der Waals surface area contributed by atoms with Crippen molar-refractivity contribution >= 4 is 17.7 Å². The SMILES string of the molecule is COc1cccc(C(=O)CN2C(=O)NC3(CCCc4ccccc43)C2=O)c1. The highest BCUT2D eigenvalue weighted by Crippen LogP contribution is 2.39. The van der Waals surface area contributed by atoms with Crippen molar-refractivity contribution in [2.24, 2.45) is 0 Å². The summed E-state index contributed by atoms with van der Waals surface area (Å²) in [5.41, 5.74) is 1.25. The van der Waals surface area contributed by atoms with Crippen LogP contribution in [-0.2, 0) is 16.8 Å². The van der Waals surface area contributed by atoms with E-state index >= 15 is 0 Å². The van der Waals surface area contributed by atoms with Gasteiger partial charge in [-0.05, 0) is 42.5 Å². The van der Waals surface area contributed by atoms with Crippen molar-refractivity contribution in [2.75, 3.05) is 13.7 Å². The van der Waals surface area contributed by atoms with Crippen LogP contribution < -0.4 is 10.1 Å². The van der Waals surface area contributed by atoms with Crippen molar-refractivity contribution in [3.05, 3.63) is 65.2 Å². The summed E-state index contributed by atoms with van der Waals surface area (Å²) in [5.74, 6) is -0.106. The van der Waals surface area contributed by atoms with E-state index in [0.717, 1.165) is 28.9 Å². The molecule has 27 heavy (non-hydrogen) atoms. The van der Waals surface area contributed by atoms with E-state index in [1.54, 1.807) is 24.3 Å². The molecule has 4 rings (SSSR count). The molecule has 1 N–H and O–H groups in total. The lowest BCUT2D eigenvalue weighted by atomic mass is 9.76. The average Bonchev–Trinajstić information content (AvgIpc) is 2.93. The average molecular weight is 364 g/mol. The van der Waals surface area contributed by atoms with E-state index in [0.29, 0.717) is 17.7 Å². The van der Waals surface area contributed by atoms with Gasteiger partial charge in [-0.15, -0.1) is 0 Å². The summed E-state index contributed by atoms with van der Waals surface area (Å²) in [6.07, 6.45) is 2.23. The van der Waals surface area contributed by atoms with Crippen LogP contribution in [-0.4, -0.2) is 36.3 Å². The summed E-state index contributed by atoms with van der Waals surface area (Å²) >= 11 is 0. The van der Waals surface area contributed by atoms with Crippen LogP contribution in [0.5, 0.6) is 5.75 Å². The maximum atomic E-state index is 13.2. The number of nitrogens with one attached hydrogen (secondary N) is 1. The minimum absolute atomic E-state index is 0.290. The Morgan fingerprint density at radius 3 is 2.81 bits per heavy atom. The van der Waals surface area contributed by atoms with E-state index < -0.39 is 11.6 Å². The van der Waals surface area contributed by atoms with Gasteiger partial charge in [0.15, 0.2) is 5.78 Å². The molecule has 1 fully saturated rings. The summed E-state index contributed by atoms with van der Waals surface area (Å²) < 4.78 is 5.13. The molecule has 6 heteroatoms. The summed E-state index contributed by atoms with van der Waals surface area (Å²) in [6, 6.07) is 13.8. The maximum absolute atomic E-state index is 13.2. The van der Waals surface area contributed by atoms with Crippen LogP contribution in [0.25, 0.3) is 0 Å². The molecule has 2 aromatic rings. The lowest BCUT2D eigenvalue weighted by molar-refractivity contribution is -0.131. The number of fused-ring (bicyclic) bond motifs is 2. The minimum atomic E-state index is -1.05. The van der Waals surface area contributed by atoms with Crippen molar-refractivity contribution in [1.29, 1.82) is 0 Å². The zero-order chi connectivity index (χ0) is 19.0. The van der Waals surface area contributed by atoms with E-state index in [-0.39, 0.29) is 18.2 Å². The smallest absolute Gasteiger partial charge is 0.325 e. The normalized spacial score (nSPS) is 21.1. The highest BCUT2D eigenvalue weighted by atomic mass is 16.5. The van der Waals surface area contributed by atoms with Gasteiger partial charge in [-0.1, -0.05) is 36.4 Å². The molecular weight excluding hydrogens is 344 g/mol. The molecule has 6 nitrogen and oxygen atoms in total. The fraction of sp³-hybridized carbons (Fsp3) is 0.286. The van der Waals surface area contributed by atoms with Crippen molar-refractivity contribution in [1.82, 2.24) is 10.2 Å². The molecule has 0 bridgehead atoms. The fourth-order valence-corrected chi connectivity index (χ4v) is 3.99. The van der Waals surface area contributed by atoms with Gasteiger partial charge in [-0.2, -0.15) is 0 Å². The Hall–Kier alpha value is -3.15. The van der Waals surface area contributed by atoms with Crippen LogP contribution in [0.15, 0.2) is 48.5 Å². The van der Waals surface area contributed by atoms with Gasteiger partial charge in [-0.3, -0.25) is 14.5 Å². The van der Waals surface area contributed by atoms with E-state index in [4.69, 9.17) is 4.74 Å². The first-order chi connectivity index (χ1) is 13.0. The topological polar surface area (TPSA) is 75.7 Å². The summed E-state index contributed by atoms with van der Waals surface area (Å²) in [6.45, 7) is -0.290. The van der Waals surface area contributed by atoms with Crippen molar-refractivity contribution in [2.45, 2.75) is 24.8 Å². The number of Topliss-reactive ketones (excluding diaryl/α,β-unsaturated/α-hetero) is 1.